The number of fused-ring (bicyclic) bond motifs is 3. The van der Waals surface area contributed by atoms with Gasteiger partial charge in [0.05, 0.1) is 24.4 Å². The number of amides is 2. The maximum atomic E-state index is 14.7. The number of carbonyl (C=O) groups excluding carboxylic acids is 5. The largest absolute Gasteiger partial charge is 0.459 e. The summed E-state index contributed by atoms with van der Waals surface area (Å²) in [6, 6.07) is -1.85. The molecular weight excluding hydrogens is 977 g/mol. The maximum absolute atomic E-state index is 14.7. The second-order valence-electron chi connectivity index (χ2n) is 22.8. The number of piperidine rings is 2. The van der Waals surface area contributed by atoms with Crippen LogP contribution in [0.3, 0.4) is 0 Å². The van der Waals surface area contributed by atoms with Crippen LogP contribution in [0.5, 0.6) is 0 Å². The van der Waals surface area contributed by atoms with Crippen molar-refractivity contribution in [3.05, 3.63) is 47.6 Å². The molecule has 5 aliphatic rings. The number of nitrogens with one attached hydrogen (secondary N) is 1. The van der Waals surface area contributed by atoms with Gasteiger partial charge in [-0.2, -0.15) is 0 Å². The number of esters is 1. The number of nitrogens with zero attached hydrogens (tertiary/aromatic N) is 2. The topological polar surface area (TPSA) is 235 Å². The highest BCUT2D eigenvalue weighted by Crippen LogP contribution is 2.38. The Morgan fingerprint density at radius 2 is 1.53 bits per heavy atom. The number of rotatable bonds is 9. The fourth-order valence-corrected chi connectivity index (χ4v) is 11.9. The van der Waals surface area contributed by atoms with E-state index in [1.54, 1.807) is 35.2 Å². The summed E-state index contributed by atoms with van der Waals surface area (Å²) in [7, 11) is 8.20. The van der Waals surface area contributed by atoms with E-state index in [1.165, 1.54) is 12.0 Å². The lowest BCUT2D eigenvalue weighted by molar-refractivity contribution is -0.265. The van der Waals surface area contributed by atoms with Crippen molar-refractivity contribution in [2.45, 2.75) is 204 Å². The van der Waals surface area contributed by atoms with Crippen molar-refractivity contribution in [3.63, 3.8) is 0 Å². The SMILES string of the molecule is CO[C@H]1C[C@@H]2CC[C@@H](C)[C@@](O)(O2)C(=O)C(=O)N2CCCC[C@H]2C(=O)O[C@H]([C@H](N)C[C@@H]2CC[C@@H](OC(=O)NC3CCN(C)CC3)[C@H](OC)C2)C[C@@H](OC)[C@H](C)/C=C(\C)[C@@H](O)[C@@H](OC)C(=O)[C@H](C)C[C@H](C)/C=C/C=CC=C1C. The monoisotopic (exact) mass is 1070 g/mol. The Hall–Kier alpha value is -3.85. The molecule has 0 aromatic rings. The number of ketones is 2. The van der Waals surface area contributed by atoms with Crippen LogP contribution in [0.2, 0.25) is 0 Å². The van der Waals surface area contributed by atoms with Crippen LogP contribution >= 0.6 is 0 Å². The van der Waals surface area contributed by atoms with Gasteiger partial charge in [0.25, 0.3) is 11.7 Å². The number of nitrogens with two attached hydrogens (primary N) is 1. The number of Topliss-reactive ketones (excluding diaryl/α,β-unsaturated/α-hetero) is 2. The third-order valence-corrected chi connectivity index (χ3v) is 17.0. The molecule has 18 nitrogen and oxygen atoms in total. The standard InChI is InChI=1S/C58H94N4O14/c1-35-17-13-12-14-18-36(2)47(70-8)33-43-22-20-40(6)58(69,76-43)54(65)55(66)62-26-16-15-19-45(62)56(67)74-49(34-48(71-9)37(3)30-39(5)52(64)53(73-11)51(63)38(4)29-35)44(59)31-41-21-23-46(50(32-41)72-10)75-57(68)60-42-24-27-61(7)28-25-42/h12-14,17-18,30,35,37-38,40-50,52-53,64,69H,15-16,19-29,31-34,59H2,1-11H3,(H,60,68)/b14-12?,17-13+,36-18?,39-30+/t35-,37-,38-,40-,41+,43+,44-,45+,46-,47+,48-,49+,50-,52-,53+,58-/m1/s1. The molecule has 2 amide bonds. The van der Waals surface area contributed by atoms with E-state index in [9.17, 15) is 34.2 Å². The summed E-state index contributed by atoms with van der Waals surface area (Å²) in [5.74, 6) is -7.09. The molecule has 1 aliphatic carbocycles. The summed E-state index contributed by atoms with van der Waals surface area (Å²) >= 11 is 0. The van der Waals surface area contributed by atoms with E-state index in [0.29, 0.717) is 69.8 Å². The third-order valence-electron chi connectivity index (χ3n) is 17.0. The average Bonchev–Trinajstić information content (AvgIpc) is 3.40. The highest BCUT2D eigenvalue weighted by molar-refractivity contribution is 6.39. The number of alkyl carbamates (subject to hydrolysis) is 1. The minimum absolute atomic E-state index is 0.00551. The van der Waals surface area contributed by atoms with Crippen LogP contribution in [-0.2, 0) is 52.3 Å². The molecule has 16 atom stereocenters. The van der Waals surface area contributed by atoms with Crippen molar-refractivity contribution < 1.29 is 67.3 Å². The summed E-state index contributed by atoms with van der Waals surface area (Å²) in [6.07, 6.45) is 12.2. The first-order chi connectivity index (χ1) is 36.1. The molecule has 0 radical (unpaired) electrons. The minimum atomic E-state index is -2.44. The normalized spacial score (nSPS) is 37.7. The molecule has 4 aliphatic heterocycles. The van der Waals surface area contributed by atoms with Gasteiger partial charge in [-0.3, -0.25) is 14.4 Å². The number of carbonyl (C=O) groups is 5. The van der Waals surface area contributed by atoms with Crippen LogP contribution in [0.15, 0.2) is 47.6 Å². The first kappa shape index (κ1) is 63.0. The second kappa shape index (κ2) is 29.9. The summed E-state index contributed by atoms with van der Waals surface area (Å²) < 4.78 is 42.1. The van der Waals surface area contributed by atoms with Gasteiger partial charge in [0.15, 0.2) is 5.78 Å². The van der Waals surface area contributed by atoms with Crippen LogP contribution in [0, 0.1) is 29.6 Å². The highest BCUT2D eigenvalue weighted by Gasteiger charge is 2.53. The summed E-state index contributed by atoms with van der Waals surface area (Å²) in [5, 5.41) is 26.8. The molecule has 2 bridgehead atoms. The number of methoxy groups -OCH3 is 4. The van der Waals surface area contributed by atoms with E-state index in [-0.39, 0.29) is 43.0 Å². The van der Waals surface area contributed by atoms with Crippen molar-refractivity contribution in [2.24, 2.45) is 35.3 Å². The van der Waals surface area contributed by atoms with Crippen LogP contribution < -0.4 is 11.1 Å². The Bertz CT molecular complexity index is 2040. The fourth-order valence-electron chi connectivity index (χ4n) is 11.9. The molecule has 76 heavy (non-hydrogen) atoms. The van der Waals surface area contributed by atoms with Crippen molar-refractivity contribution in [2.75, 3.05) is 55.1 Å². The molecule has 3 saturated heterocycles. The van der Waals surface area contributed by atoms with Gasteiger partial charge in [-0.05, 0) is 134 Å². The van der Waals surface area contributed by atoms with E-state index in [4.69, 9.17) is 38.9 Å². The zero-order valence-electron chi connectivity index (χ0n) is 47.5. The van der Waals surface area contributed by atoms with Crippen molar-refractivity contribution >= 4 is 29.5 Å². The van der Waals surface area contributed by atoms with Gasteiger partial charge < -0.3 is 64.2 Å². The van der Waals surface area contributed by atoms with Gasteiger partial charge in [0.2, 0.25) is 5.79 Å². The van der Waals surface area contributed by atoms with Gasteiger partial charge in [0.1, 0.15) is 30.5 Å². The number of likely N-dealkylation sites (tertiary alicyclic amines) is 1. The zero-order chi connectivity index (χ0) is 55.9. The lowest BCUT2D eigenvalue weighted by Crippen LogP contribution is -2.61. The Balaban J connectivity index is 1.44. The first-order valence-corrected chi connectivity index (χ1v) is 28.0. The lowest BCUT2D eigenvalue weighted by atomic mass is 9.80. The number of hydrogen-bond acceptors (Lipinski definition) is 16. The van der Waals surface area contributed by atoms with Crippen LogP contribution in [0.25, 0.3) is 0 Å². The van der Waals surface area contributed by atoms with Gasteiger partial charge in [-0.15, -0.1) is 0 Å². The Morgan fingerprint density at radius 3 is 2.20 bits per heavy atom. The van der Waals surface area contributed by atoms with E-state index >= 15 is 0 Å². The van der Waals surface area contributed by atoms with Crippen molar-refractivity contribution in [3.8, 4) is 0 Å². The quantitative estimate of drug-likeness (QED) is 0.115. The molecule has 4 fully saturated rings. The molecule has 5 rings (SSSR count). The van der Waals surface area contributed by atoms with E-state index in [0.717, 1.165) is 31.5 Å². The number of aliphatic hydroxyl groups is 2. The smallest absolute Gasteiger partial charge is 0.407 e. The second-order valence-corrected chi connectivity index (χ2v) is 22.8. The van der Waals surface area contributed by atoms with Gasteiger partial charge >= 0.3 is 12.1 Å². The molecule has 0 aromatic carbocycles. The van der Waals surface area contributed by atoms with Crippen LogP contribution in [-0.4, -0.2) is 177 Å². The Labute approximate surface area is 452 Å². The number of cyclic esters (lactones) is 1. The molecule has 4 heterocycles. The van der Waals surface area contributed by atoms with E-state index in [1.807, 2.05) is 64.2 Å². The predicted molar refractivity (Wildman–Crippen MR) is 288 cm³/mol. The summed E-state index contributed by atoms with van der Waals surface area (Å²) in [4.78, 5) is 73.9. The van der Waals surface area contributed by atoms with E-state index in [2.05, 4.69) is 17.3 Å². The predicted octanol–water partition coefficient (Wildman–Crippen LogP) is 6.15. The molecule has 0 unspecified atom stereocenters. The average molecular weight is 1070 g/mol. The highest BCUT2D eigenvalue weighted by atomic mass is 16.6. The Morgan fingerprint density at radius 1 is 0.816 bits per heavy atom. The maximum Gasteiger partial charge on any atom is 0.407 e. The Kier molecular flexibility index (Phi) is 24.8. The van der Waals surface area contributed by atoms with Crippen LogP contribution in [0.4, 0.5) is 4.79 Å². The zero-order valence-corrected chi connectivity index (χ0v) is 47.5. The molecular formula is C58H94N4O14. The fraction of sp³-hybridized carbons (Fsp3) is 0.776. The molecule has 18 heteroatoms. The summed E-state index contributed by atoms with van der Waals surface area (Å²) in [6.45, 7) is 13.0. The van der Waals surface area contributed by atoms with E-state index < -0.39 is 108 Å². The number of allylic oxidation sites excluding steroid dienone is 5. The lowest BCUT2D eigenvalue weighted by Gasteiger charge is -2.43. The minimum Gasteiger partial charge on any atom is -0.459 e. The number of hydrogen-bond donors (Lipinski definition) is 4. The van der Waals surface area contributed by atoms with Crippen LogP contribution in [0.1, 0.15) is 131 Å². The number of ether oxygens (including phenoxy) is 7. The van der Waals surface area contributed by atoms with Gasteiger partial charge in [0, 0.05) is 77.7 Å². The van der Waals surface area contributed by atoms with Gasteiger partial charge in [-0.25, -0.2) is 9.59 Å². The molecule has 1 saturated carbocycles. The molecule has 5 N–H and O–H groups in total. The molecule has 430 valence electrons. The molecule has 0 spiro atoms. The molecule has 0 aromatic heterocycles. The van der Waals surface area contributed by atoms with Crippen molar-refractivity contribution in [1.29, 1.82) is 0 Å². The first-order valence-electron chi connectivity index (χ1n) is 28.0. The third kappa shape index (κ3) is 17.1. The van der Waals surface area contributed by atoms with Gasteiger partial charge in [-0.1, -0.05) is 64.2 Å². The number of aliphatic hydroxyl groups excluding tert-OH is 1. The van der Waals surface area contributed by atoms with Crippen molar-refractivity contribution in [1.82, 2.24) is 15.1 Å². The summed E-state index contributed by atoms with van der Waals surface area (Å²) in [5.41, 5.74) is 8.52.